The summed E-state index contributed by atoms with van der Waals surface area (Å²) in [6.07, 6.45) is 5.96. The lowest BCUT2D eigenvalue weighted by Gasteiger charge is -2.33. The molecule has 17 heavy (non-hydrogen) atoms. The van der Waals surface area contributed by atoms with Crippen LogP contribution in [0.4, 0.5) is 0 Å². The fourth-order valence-electron chi connectivity index (χ4n) is 2.40. The Kier molecular flexibility index (Phi) is 6.45. The summed E-state index contributed by atoms with van der Waals surface area (Å²) in [6.45, 7) is 8.78. The fraction of sp³-hybridized carbons (Fsp3) is 1.00. The maximum absolute atomic E-state index is 9.00. The van der Waals surface area contributed by atoms with Crippen LogP contribution in [-0.2, 0) is 4.74 Å². The molecule has 0 amide bonds. The summed E-state index contributed by atoms with van der Waals surface area (Å²) < 4.78 is 5.75. The van der Waals surface area contributed by atoms with Gasteiger partial charge in [-0.3, -0.25) is 0 Å². The first-order chi connectivity index (χ1) is 8.07. The van der Waals surface area contributed by atoms with Crippen molar-refractivity contribution in [2.45, 2.75) is 65.0 Å². The Morgan fingerprint density at radius 3 is 2.82 bits per heavy atom. The summed E-state index contributed by atoms with van der Waals surface area (Å²) in [5, 5.41) is 12.6. The highest BCUT2D eigenvalue weighted by atomic mass is 16.5. The molecule has 0 aromatic rings. The van der Waals surface area contributed by atoms with E-state index in [-0.39, 0.29) is 12.0 Å². The van der Waals surface area contributed by atoms with E-state index in [2.05, 4.69) is 26.1 Å². The van der Waals surface area contributed by atoms with Crippen molar-refractivity contribution in [2.24, 2.45) is 5.41 Å². The van der Waals surface area contributed by atoms with Crippen molar-refractivity contribution in [1.29, 1.82) is 0 Å². The Morgan fingerprint density at radius 1 is 1.41 bits per heavy atom. The number of rotatable bonds is 7. The third kappa shape index (κ3) is 5.84. The Hall–Kier alpha value is -0.120. The Balaban J connectivity index is 2.26. The smallest absolute Gasteiger partial charge is 0.0589 e. The summed E-state index contributed by atoms with van der Waals surface area (Å²) in [7, 11) is 0. The van der Waals surface area contributed by atoms with E-state index >= 15 is 0 Å². The van der Waals surface area contributed by atoms with Crippen LogP contribution in [0.15, 0.2) is 0 Å². The topological polar surface area (TPSA) is 41.5 Å². The summed E-state index contributed by atoms with van der Waals surface area (Å²) in [5.41, 5.74) is 0.188. The van der Waals surface area contributed by atoms with Gasteiger partial charge in [-0.05, 0) is 31.1 Å². The van der Waals surface area contributed by atoms with Gasteiger partial charge in [0.2, 0.25) is 0 Å². The van der Waals surface area contributed by atoms with Gasteiger partial charge >= 0.3 is 0 Å². The van der Waals surface area contributed by atoms with Crippen LogP contribution in [0.5, 0.6) is 0 Å². The lowest BCUT2D eigenvalue weighted by atomic mass is 9.89. The molecule has 2 unspecified atom stereocenters. The van der Waals surface area contributed by atoms with Gasteiger partial charge in [-0.1, -0.05) is 27.2 Å². The maximum atomic E-state index is 9.00. The zero-order valence-corrected chi connectivity index (χ0v) is 11.7. The van der Waals surface area contributed by atoms with E-state index in [0.717, 1.165) is 32.4 Å². The lowest BCUT2D eigenvalue weighted by Crippen LogP contribution is -2.43. The summed E-state index contributed by atoms with van der Waals surface area (Å²) in [6, 6.07) is 0.596. The van der Waals surface area contributed by atoms with Crippen LogP contribution in [-0.4, -0.2) is 37.0 Å². The van der Waals surface area contributed by atoms with Crippen molar-refractivity contribution >= 4 is 0 Å². The molecule has 1 rings (SSSR count). The maximum Gasteiger partial charge on any atom is 0.0589 e. The average Bonchev–Trinajstić information content (AvgIpc) is 2.28. The monoisotopic (exact) mass is 243 g/mol. The largest absolute Gasteiger partial charge is 0.396 e. The molecule has 0 aromatic carbocycles. The van der Waals surface area contributed by atoms with Crippen molar-refractivity contribution in [1.82, 2.24) is 5.32 Å². The first kappa shape index (κ1) is 14.9. The summed E-state index contributed by atoms with van der Waals surface area (Å²) >= 11 is 0. The Labute approximate surface area is 106 Å². The molecule has 0 bridgehead atoms. The third-order valence-corrected chi connectivity index (χ3v) is 3.64. The SMILES string of the molecule is CCCC1CC(NCC(C)(C)CCO)CCO1. The number of ether oxygens (including phenoxy) is 1. The summed E-state index contributed by atoms with van der Waals surface area (Å²) in [4.78, 5) is 0. The van der Waals surface area contributed by atoms with E-state index in [1.807, 2.05) is 0 Å². The van der Waals surface area contributed by atoms with Gasteiger partial charge in [-0.2, -0.15) is 0 Å². The predicted octanol–water partition coefficient (Wildman–Crippen LogP) is 2.33. The standard InChI is InChI=1S/C14H29NO2/c1-4-5-13-10-12(6-9-17-13)15-11-14(2,3)7-8-16/h12-13,15-16H,4-11H2,1-3H3. The third-order valence-electron chi connectivity index (χ3n) is 3.64. The van der Waals surface area contributed by atoms with Gasteiger partial charge in [0.15, 0.2) is 0 Å². The molecule has 0 radical (unpaired) electrons. The highest BCUT2D eigenvalue weighted by Gasteiger charge is 2.24. The van der Waals surface area contributed by atoms with Crippen molar-refractivity contribution < 1.29 is 9.84 Å². The minimum atomic E-state index is 0.188. The van der Waals surface area contributed by atoms with E-state index in [1.165, 1.54) is 12.8 Å². The second-order valence-corrected chi connectivity index (χ2v) is 6.02. The Bertz CT molecular complexity index is 204. The van der Waals surface area contributed by atoms with E-state index < -0.39 is 0 Å². The van der Waals surface area contributed by atoms with E-state index in [4.69, 9.17) is 9.84 Å². The van der Waals surface area contributed by atoms with Crippen LogP contribution in [0.2, 0.25) is 0 Å². The molecule has 0 saturated carbocycles. The van der Waals surface area contributed by atoms with Gasteiger partial charge in [0.1, 0.15) is 0 Å². The zero-order chi connectivity index (χ0) is 12.7. The number of aliphatic hydroxyl groups excluding tert-OH is 1. The molecule has 1 aliphatic heterocycles. The average molecular weight is 243 g/mol. The van der Waals surface area contributed by atoms with Crippen LogP contribution >= 0.6 is 0 Å². The van der Waals surface area contributed by atoms with Crippen molar-refractivity contribution in [3.8, 4) is 0 Å². The number of aliphatic hydroxyl groups is 1. The van der Waals surface area contributed by atoms with Gasteiger partial charge in [-0.25, -0.2) is 0 Å². The minimum absolute atomic E-state index is 0.188. The van der Waals surface area contributed by atoms with E-state index in [1.54, 1.807) is 0 Å². The van der Waals surface area contributed by atoms with E-state index in [9.17, 15) is 0 Å². The van der Waals surface area contributed by atoms with Crippen molar-refractivity contribution in [2.75, 3.05) is 19.8 Å². The minimum Gasteiger partial charge on any atom is -0.396 e. The molecule has 1 saturated heterocycles. The van der Waals surface area contributed by atoms with Gasteiger partial charge in [-0.15, -0.1) is 0 Å². The molecule has 0 aromatic heterocycles. The lowest BCUT2D eigenvalue weighted by molar-refractivity contribution is -0.00484. The zero-order valence-electron chi connectivity index (χ0n) is 11.7. The van der Waals surface area contributed by atoms with Crippen LogP contribution < -0.4 is 5.32 Å². The van der Waals surface area contributed by atoms with Crippen LogP contribution in [0, 0.1) is 5.41 Å². The van der Waals surface area contributed by atoms with Crippen molar-refractivity contribution in [3.05, 3.63) is 0 Å². The molecule has 3 heteroatoms. The van der Waals surface area contributed by atoms with Gasteiger partial charge in [0, 0.05) is 25.8 Å². The first-order valence-electron chi connectivity index (χ1n) is 7.03. The van der Waals surface area contributed by atoms with Crippen LogP contribution in [0.1, 0.15) is 52.9 Å². The van der Waals surface area contributed by atoms with Gasteiger partial charge in [0.05, 0.1) is 6.10 Å². The number of hydrogen-bond donors (Lipinski definition) is 2. The number of nitrogens with one attached hydrogen (secondary N) is 1. The molecular weight excluding hydrogens is 214 g/mol. The quantitative estimate of drug-likeness (QED) is 0.721. The molecule has 102 valence electrons. The normalized spacial score (nSPS) is 26.1. The molecule has 0 spiro atoms. The van der Waals surface area contributed by atoms with Gasteiger partial charge in [0.25, 0.3) is 0 Å². The molecule has 1 fully saturated rings. The highest BCUT2D eigenvalue weighted by molar-refractivity contribution is 4.80. The van der Waals surface area contributed by atoms with Gasteiger partial charge < -0.3 is 15.2 Å². The van der Waals surface area contributed by atoms with Crippen LogP contribution in [0.25, 0.3) is 0 Å². The Morgan fingerprint density at radius 2 is 2.18 bits per heavy atom. The van der Waals surface area contributed by atoms with Crippen molar-refractivity contribution in [3.63, 3.8) is 0 Å². The highest BCUT2D eigenvalue weighted by Crippen LogP contribution is 2.21. The second-order valence-electron chi connectivity index (χ2n) is 6.02. The molecule has 1 heterocycles. The first-order valence-corrected chi connectivity index (χ1v) is 7.03. The molecule has 0 aliphatic carbocycles. The summed E-state index contributed by atoms with van der Waals surface area (Å²) in [5.74, 6) is 0. The number of hydrogen-bond acceptors (Lipinski definition) is 3. The van der Waals surface area contributed by atoms with E-state index in [0.29, 0.717) is 12.1 Å². The molecule has 2 N–H and O–H groups in total. The molecule has 3 nitrogen and oxygen atoms in total. The molecule has 1 aliphatic rings. The predicted molar refractivity (Wildman–Crippen MR) is 71.2 cm³/mol. The van der Waals surface area contributed by atoms with Crippen LogP contribution in [0.3, 0.4) is 0 Å². The molecular formula is C14H29NO2. The second kappa shape index (κ2) is 7.34. The fourth-order valence-corrected chi connectivity index (χ4v) is 2.40. The molecule has 2 atom stereocenters.